The van der Waals surface area contributed by atoms with E-state index in [-0.39, 0.29) is 24.1 Å². The summed E-state index contributed by atoms with van der Waals surface area (Å²) in [6.45, 7) is 3.49. The second-order valence-corrected chi connectivity index (χ2v) is 8.64. The molecule has 0 bridgehead atoms. The van der Waals surface area contributed by atoms with Crippen molar-refractivity contribution in [3.8, 4) is 0 Å². The van der Waals surface area contributed by atoms with Crippen molar-refractivity contribution in [2.24, 2.45) is 0 Å². The molecule has 0 aromatic heterocycles. The lowest BCUT2D eigenvalue weighted by molar-refractivity contribution is -0.136. The normalized spacial score (nSPS) is 24.7. The average Bonchev–Trinajstić information content (AvgIpc) is 2.93. The Morgan fingerprint density at radius 1 is 1.12 bits per heavy atom. The van der Waals surface area contributed by atoms with E-state index in [1.165, 1.54) is 5.56 Å². The summed E-state index contributed by atoms with van der Waals surface area (Å²) < 4.78 is 0. The van der Waals surface area contributed by atoms with Gasteiger partial charge < -0.3 is 4.90 Å². The van der Waals surface area contributed by atoms with Gasteiger partial charge >= 0.3 is 0 Å². The lowest BCUT2D eigenvalue weighted by atomic mass is 10.0. The molecule has 1 N–H and O–H groups in total. The van der Waals surface area contributed by atoms with Gasteiger partial charge in [-0.15, -0.1) is 0 Å². The smallest absolute Gasteiger partial charge is 0.255 e. The quantitative estimate of drug-likeness (QED) is 0.598. The number of alkyl halides is 1. The first-order chi connectivity index (χ1) is 12.5. The van der Waals surface area contributed by atoms with Crippen LogP contribution < -0.4 is 5.32 Å². The van der Waals surface area contributed by atoms with E-state index in [1.807, 2.05) is 12.1 Å². The van der Waals surface area contributed by atoms with Gasteiger partial charge in [0.25, 0.3) is 5.91 Å². The first-order valence-electron chi connectivity index (χ1n) is 9.14. The molecule has 1 atom stereocenters. The highest BCUT2D eigenvalue weighted by atomic mass is 79.9. The number of imide groups is 1. The maximum absolute atomic E-state index is 12.7. The molecule has 1 aromatic carbocycles. The van der Waals surface area contributed by atoms with E-state index in [9.17, 15) is 14.4 Å². The fourth-order valence-corrected chi connectivity index (χ4v) is 4.45. The maximum atomic E-state index is 12.7. The molecule has 0 aliphatic carbocycles. The fourth-order valence-electron chi connectivity index (χ4n) is 4.04. The molecule has 3 amide bonds. The molecular formula is C19H22BrN3O3. The number of likely N-dealkylation sites (tertiary alicyclic amines) is 1. The Kier molecular flexibility index (Phi) is 4.84. The first kappa shape index (κ1) is 17.7. The van der Waals surface area contributed by atoms with Crippen LogP contribution in [0.4, 0.5) is 0 Å². The highest BCUT2D eigenvalue weighted by molar-refractivity contribution is 9.09. The SMILES string of the molecule is O=C1CCC(N2Cc3cc(CN4CCC(Br)CC4)ccc3C2=O)C(=O)N1. The number of amides is 3. The van der Waals surface area contributed by atoms with Crippen LogP contribution in [0.5, 0.6) is 0 Å². The molecule has 3 aliphatic heterocycles. The molecule has 26 heavy (non-hydrogen) atoms. The van der Waals surface area contributed by atoms with Gasteiger partial charge in [-0.05, 0) is 49.5 Å². The van der Waals surface area contributed by atoms with E-state index in [0.29, 0.717) is 23.4 Å². The minimum atomic E-state index is -0.547. The molecule has 3 heterocycles. The topological polar surface area (TPSA) is 69.7 Å². The molecule has 1 aromatic rings. The summed E-state index contributed by atoms with van der Waals surface area (Å²) in [7, 11) is 0. The zero-order valence-corrected chi connectivity index (χ0v) is 16.1. The van der Waals surface area contributed by atoms with E-state index < -0.39 is 6.04 Å². The monoisotopic (exact) mass is 419 g/mol. The molecule has 138 valence electrons. The number of carbonyl (C=O) groups is 3. The van der Waals surface area contributed by atoms with E-state index >= 15 is 0 Å². The van der Waals surface area contributed by atoms with Crippen LogP contribution in [-0.2, 0) is 22.7 Å². The van der Waals surface area contributed by atoms with Crippen LogP contribution in [0, 0.1) is 0 Å². The van der Waals surface area contributed by atoms with Crippen molar-refractivity contribution in [2.75, 3.05) is 13.1 Å². The molecule has 2 fully saturated rings. The molecule has 7 heteroatoms. The molecule has 0 saturated carbocycles. The Balaban J connectivity index is 1.46. The van der Waals surface area contributed by atoms with Crippen LogP contribution in [0.3, 0.4) is 0 Å². The second-order valence-electron chi connectivity index (χ2n) is 7.34. The highest BCUT2D eigenvalue weighted by Crippen LogP contribution is 2.29. The predicted octanol–water partition coefficient (Wildman–Crippen LogP) is 1.81. The van der Waals surface area contributed by atoms with Crippen molar-refractivity contribution >= 4 is 33.7 Å². The minimum Gasteiger partial charge on any atom is -0.322 e. The van der Waals surface area contributed by atoms with E-state index in [1.54, 1.807) is 4.90 Å². The zero-order chi connectivity index (χ0) is 18.3. The van der Waals surface area contributed by atoms with Gasteiger partial charge in [0.1, 0.15) is 6.04 Å². The number of fused-ring (bicyclic) bond motifs is 1. The second kappa shape index (κ2) is 7.12. The summed E-state index contributed by atoms with van der Waals surface area (Å²) in [5.74, 6) is -0.730. The molecular weight excluding hydrogens is 398 g/mol. The zero-order valence-electron chi connectivity index (χ0n) is 14.5. The maximum Gasteiger partial charge on any atom is 0.255 e. The van der Waals surface area contributed by atoms with Gasteiger partial charge in [0, 0.05) is 29.9 Å². The number of nitrogens with zero attached hydrogens (tertiary/aromatic N) is 2. The van der Waals surface area contributed by atoms with Crippen LogP contribution in [-0.4, -0.2) is 51.5 Å². The standard InChI is InChI=1S/C19H22BrN3O3/c20-14-5-7-22(8-6-14)10-12-1-2-15-13(9-12)11-23(19(15)26)16-3-4-17(24)21-18(16)25/h1-2,9,14,16H,3-8,10-11H2,(H,21,24,25). The summed E-state index contributed by atoms with van der Waals surface area (Å²) in [5, 5.41) is 2.34. The predicted molar refractivity (Wildman–Crippen MR) is 99.7 cm³/mol. The number of halogens is 1. The third kappa shape index (κ3) is 3.42. The molecule has 1 unspecified atom stereocenters. The van der Waals surface area contributed by atoms with Crippen molar-refractivity contribution in [1.82, 2.24) is 15.1 Å². The largest absolute Gasteiger partial charge is 0.322 e. The van der Waals surface area contributed by atoms with Crippen molar-refractivity contribution in [2.45, 2.75) is 49.6 Å². The third-order valence-corrected chi connectivity index (χ3v) is 6.43. The lowest BCUT2D eigenvalue weighted by Crippen LogP contribution is -2.52. The summed E-state index contributed by atoms with van der Waals surface area (Å²) in [6.07, 6.45) is 3.00. The van der Waals surface area contributed by atoms with Crippen LogP contribution in [0.15, 0.2) is 18.2 Å². The first-order valence-corrected chi connectivity index (χ1v) is 10.1. The highest BCUT2D eigenvalue weighted by Gasteiger charge is 2.39. The van der Waals surface area contributed by atoms with Crippen molar-refractivity contribution in [3.63, 3.8) is 0 Å². The fraction of sp³-hybridized carbons (Fsp3) is 0.526. The van der Waals surface area contributed by atoms with Gasteiger partial charge in [-0.3, -0.25) is 24.6 Å². The Morgan fingerprint density at radius 2 is 1.88 bits per heavy atom. The molecule has 3 aliphatic rings. The van der Waals surface area contributed by atoms with Gasteiger partial charge in [-0.1, -0.05) is 28.1 Å². The summed E-state index contributed by atoms with van der Waals surface area (Å²) >= 11 is 3.68. The number of hydrogen-bond acceptors (Lipinski definition) is 4. The molecule has 0 radical (unpaired) electrons. The van der Waals surface area contributed by atoms with Crippen LogP contribution in [0.25, 0.3) is 0 Å². The molecule has 6 nitrogen and oxygen atoms in total. The molecule has 2 saturated heterocycles. The van der Waals surface area contributed by atoms with Crippen molar-refractivity contribution < 1.29 is 14.4 Å². The number of benzene rings is 1. The number of piperidine rings is 2. The van der Waals surface area contributed by atoms with Gasteiger partial charge in [-0.25, -0.2) is 0 Å². The number of hydrogen-bond donors (Lipinski definition) is 1. The summed E-state index contributed by atoms with van der Waals surface area (Å²) in [6, 6.07) is 5.45. The number of carbonyl (C=O) groups excluding carboxylic acids is 3. The number of rotatable bonds is 3. The number of nitrogens with one attached hydrogen (secondary N) is 1. The minimum absolute atomic E-state index is 0.110. The van der Waals surface area contributed by atoms with Crippen molar-refractivity contribution in [3.05, 3.63) is 34.9 Å². The van der Waals surface area contributed by atoms with Gasteiger partial charge in [0.2, 0.25) is 11.8 Å². The summed E-state index contributed by atoms with van der Waals surface area (Å²) in [4.78, 5) is 40.8. The van der Waals surface area contributed by atoms with Crippen LogP contribution in [0.1, 0.15) is 47.2 Å². The summed E-state index contributed by atoms with van der Waals surface area (Å²) in [5.41, 5.74) is 2.86. The van der Waals surface area contributed by atoms with Crippen LogP contribution >= 0.6 is 15.9 Å². The molecule has 0 spiro atoms. The van der Waals surface area contributed by atoms with E-state index in [4.69, 9.17) is 0 Å². The Morgan fingerprint density at radius 3 is 2.62 bits per heavy atom. The van der Waals surface area contributed by atoms with Crippen LogP contribution in [0.2, 0.25) is 0 Å². The van der Waals surface area contributed by atoms with E-state index in [0.717, 1.165) is 38.0 Å². The average molecular weight is 420 g/mol. The van der Waals surface area contributed by atoms with Gasteiger partial charge in [0.05, 0.1) is 0 Å². The Bertz CT molecular complexity index is 758. The molecule has 4 rings (SSSR count). The van der Waals surface area contributed by atoms with E-state index in [2.05, 4.69) is 32.2 Å². The van der Waals surface area contributed by atoms with Gasteiger partial charge in [-0.2, -0.15) is 0 Å². The Hall–Kier alpha value is -1.73. The Labute approximate surface area is 161 Å². The van der Waals surface area contributed by atoms with Crippen molar-refractivity contribution in [1.29, 1.82) is 0 Å². The van der Waals surface area contributed by atoms with Gasteiger partial charge in [0.15, 0.2) is 0 Å². The third-order valence-electron chi connectivity index (χ3n) is 5.51. The lowest BCUT2D eigenvalue weighted by Gasteiger charge is -2.29.